The van der Waals surface area contributed by atoms with Crippen LogP contribution in [0, 0.1) is 0 Å². The molecule has 0 unspecified atom stereocenters. The summed E-state index contributed by atoms with van der Waals surface area (Å²) in [7, 11) is 0. The molecule has 0 bridgehead atoms. The van der Waals surface area contributed by atoms with Gasteiger partial charge in [0.2, 0.25) is 0 Å². The lowest BCUT2D eigenvalue weighted by Gasteiger charge is -2.06. The first kappa shape index (κ1) is 15.6. The molecule has 0 amide bonds. The summed E-state index contributed by atoms with van der Waals surface area (Å²) in [6.45, 7) is 0.609. The van der Waals surface area contributed by atoms with E-state index < -0.39 is 0 Å². The summed E-state index contributed by atoms with van der Waals surface area (Å²) in [5.74, 6) is 0. The summed E-state index contributed by atoms with van der Waals surface area (Å²) in [5.41, 5.74) is 4.39. The molecule has 0 spiro atoms. The second-order valence-corrected chi connectivity index (χ2v) is 6.58. The highest BCUT2D eigenvalue weighted by molar-refractivity contribution is 6.07. The zero-order chi connectivity index (χ0) is 18.2. The number of H-pyrrole nitrogens is 1. The Kier molecular flexibility index (Phi) is 3.61. The number of aromatic amines is 1. The van der Waals surface area contributed by atoms with Crippen molar-refractivity contribution in [3.8, 4) is 11.3 Å². The van der Waals surface area contributed by atoms with E-state index in [2.05, 4.69) is 17.1 Å². The van der Waals surface area contributed by atoms with Gasteiger partial charge in [0.15, 0.2) is 0 Å². The van der Waals surface area contributed by atoms with Gasteiger partial charge in [-0.2, -0.15) is 5.10 Å². The number of hydrogen-bond donors (Lipinski definition) is 1. The van der Waals surface area contributed by atoms with Crippen LogP contribution in [0.1, 0.15) is 5.56 Å². The zero-order valence-corrected chi connectivity index (χ0v) is 14.6. The number of hydrogen-bond acceptors (Lipinski definition) is 2. The highest BCUT2D eigenvalue weighted by atomic mass is 16.1. The highest BCUT2D eigenvalue weighted by Crippen LogP contribution is 2.30. The maximum Gasteiger partial charge on any atom is 0.260 e. The topological polar surface area (TPSA) is 50.7 Å². The van der Waals surface area contributed by atoms with Crippen LogP contribution in [0.4, 0.5) is 0 Å². The quantitative estimate of drug-likeness (QED) is 0.517. The average Bonchev–Trinajstić information content (AvgIpc) is 3.10. The summed E-state index contributed by atoms with van der Waals surface area (Å²) in [6, 6.07) is 27.9. The Labute approximate surface area is 155 Å². The average molecular weight is 351 g/mol. The minimum Gasteiger partial charge on any atom is -0.321 e. The standard InChI is InChI=1S/C23H17N3O/c27-23-20-21(17-11-5-2-6-12-17)25-26(15-16-9-3-1-4-10-16)22(20)18-13-7-8-14-19(18)24-23/h1-14H,15H2,(H,24,27). The van der Waals surface area contributed by atoms with Crippen LogP contribution in [-0.2, 0) is 6.54 Å². The van der Waals surface area contributed by atoms with Crippen LogP contribution in [0.25, 0.3) is 33.1 Å². The van der Waals surface area contributed by atoms with Gasteiger partial charge >= 0.3 is 0 Å². The van der Waals surface area contributed by atoms with Crippen molar-refractivity contribution in [2.45, 2.75) is 6.54 Å². The predicted octanol–water partition coefficient (Wildman–Crippen LogP) is 4.59. The molecular formula is C23H17N3O. The molecule has 0 aliphatic rings. The number of benzene rings is 3. The van der Waals surface area contributed by atoms with Crippen LogP contribution < -0.4 is 5.56 Å². The number of para-hydroxylation sites is 1. The largest absolute Gasteiger partial charge is 0.321 e. The summed E-state index contributed by atoms with van der Waals surface area (Å²) in [4.78, 5) is 16.0. The van der Waals surface area contributed by atoms with E-state index in [1.807, 2.05) is 77.5 Å². The molecule has 0 saturated carbocycles. The number of nitrogens with zero attached hydrogens (tertiary/aromatic N) is 2. The molecule has 0 aliphatic carbocycles. The van der Waals surface area contributed by atoms with Crippen molar-refractivity contribution in [1.82, 2.24) is 14.8 Å². The van der Waals surface area contributed by atoms with Crippen LogP contribution in [0.5, 0.6) is 0 Å². The molecule has 0 atom stereocenters. The zero-order valence-electron chi connectivity index (χ0n) is 14.6. The molecule has 0 aliphatic heterocycles. The maximum atomic E-state index is 12.9. The Morgan fingerprint density at radius 1 is 0.815 bits per heavy atom. The van der Waals surface area contributed by atoms with Crippen molar-refractivity contribution in [2.24, 2.45) is 0 Å². The van der Waals surface area contributed by atoms with Crippen molar-refractivity contribution < 1.29 is 0 Å². The molecule has 1 N–H and O–H groups in total. The molecule has 130 valence electrons. The monoisotopic (exact) mass is 351 g/mol. The number of nitrogens with one attached hydrogen (secondary N) is 1. The smallest absolute Gasteiger partial charge is 0.260 e. The summed E-state index contributed by atoms with van der Waals surface area (Å²) >= 11 is 0. The van der Waals surface area contributed by atoms with Gasteiger partial charge in [0.05, 0.1) is 23.0 Å². The molecule has 27 heavy (non-hydrogen) atoms. The fourth-order valence-electron chi connectivity index (χ4n) is 3.60. The molecule has 3 aromatic carbocycles. The van der Waals surface area contributed by atoms with Crippen LogP contribution in [0.2, 0.25) is 0 Å². The van der Waals surface area contributed by atoms with Gasteiger partial charge in [0, 0.05) is 10.9 Å². The lowest BCUT2D eigenvalue weighted by molar-refractivity contribution is 0.717. The molecule has 4 nitrogen and oxygen atoms in total. The molecule has 0 radical (unpaired) electrons. The summed E-state index contributed by atoms with van der Waals surface area (Å²) in [5, 5.41) is 6.50. The first-order chi connectivity index (χ1) is 13.3. The van der Waals surface area contributed by atoms with Crippen molar-refractivity contribution >= 4 is 21.8 Å². The van der Waals surface area contributed by atoms with Gasteiger partial charge in [0.1, 0.15) is 5.69 Å². The third-order valence-electron chi connectivity index (χ3n) is 4.83. The van der Waals surface area contributed by atoms with E-state index in [4.69, 9.17) is 5.10 Å². The van der Waals surface area contributed by atoms with Crippen LogP contribution in [0.3, 0.4) is 0 Å². The van der Waals surface area contributed by atoms with Gasteiger partial charge in [-0.15, -0.1) is 0 Å². The highest BCUT2D eigenvalue weighted by Gasteiger charge is 2.18. The SMILES string of the molecule is O=c1[nH]c2ccccc2c2c1c(-c1ccccc1)nn2Cc1ccccc1. The van der Waals surface area contributed by atoms with Gasteiger partial charge in [0.25, 0.3) is 5.56 Å². The first-order valence-corrected chi connectivity index (χ1v) is 8.92. The van der Waals surface area contributed by atoms with Gasteiger partial charge in [-0.3, -0.25) is 9.48 Å². The molecular weight excluding hydrogens is 334 g/mol. The van der Waals surface area contributed by atoms with Crippen molar-refractivity contribution in [2.75, 3.05) is 0 Å². The Morgan fingerprint density at radius 2 is 1.48 bits per heavy atom. The lowest BCUT2D eigenvalue weighted by Crippen LogP contribution is -2.08. The van der Waals surface area contributed by atoms with Gasteiger partial charge < -0.3 is 4.98 Å². The van der Waals surface area contributed by atoms with E-state index in [9.17, 15) is 4.79 Å². The van der Waals surface area contributed by atoms with E-state index >= 15 is 0 Å². The maximum absolute atomic E-state index is 12.9. The Balaban J connectivity index is 1.87. The van der Waals surface area contributed by atoms with E-state index in [1.54, 1.807) is 0 Å². The first-order valence-electron chi connectivity index (χ1n) is 8.92. The Morgan fingerprint density at radius 3 is 2.26 bits per heavy atom. The molecule has 5 aromatic rings. The minimum atomic E-state index is -0.109. The number of fused-ring (bicyclic) bond motifs is 3. The molecule has 4 heteroatoms. The molecule has 0 fully saturated rings. The lowest BCUT2D eigenvalue weighted by atomic mass is 10.1. The Bertz CT molecular complexity index is 1300. The number of pyridine rings is 1. The van der Waals surface area contributed by atoms with Gasteiger partial charge in [-0.05, 0) is 11.6 Å². The van der Waals surface area contributed by atoms with E-state index in [-0.39, 0.29) is 5.56 Å². The van der Waals surface area contributed by atoms with E-state index in [0.717, 1.165) is 27.5 Å². The summed E-state index contributed by atoms with van der Waals surface area (Å²) in [6.07, 6.45) is 0. The minimum absolute atomic E-state index is 0.109. The van der Waals surface area contributed by atoms with Crippen LogP contribution in [0.15, 0.2) is 89.7 Å². The van der Waals surface area contributed by atoms with Gasteiger partial charge in [-0.1, -0.05) is 78.9 Å². The molecule has 5 rings (SSSR count). The van der Waals surface area contributed by atoms with Crippen molar-refractivity contribution in [3.05, 3.63) is 101 Å². The van der Waals surface area contributed by atoms with Crippen molar-refractivity contribution in [1.29, 1.82) is 0 Å². The summed E-state index contributed by atoms with van der Waals surface area (Å²) < 4.78 is 1.95. The predicted molar refractivity (Wildman–Crippen MR) is 109 cm³/mol. The number of aromatic nitrogens is 3. The second-order valence-electron chi connectivity index (χ2n) is 6.58. The fourth-order valence-corrected chi connectivity index (χ4v) is 3.60. The normalized spacial score (nSPS) is 11.3. The molecule has 0 saturated heterocycles. The third-order valence-corrected chi connectivity index (χ3v) is 4.83. The second kappa shape index (κ2) is 6.25. The Hall–Kier alpha value is -3.66. The number of rotatable bonds is 3. The van der Waals surface area contributed by atoms with Gasteiger partial charge in [-0.25, -0.2) is 0 Å². The molecule has 2 aromatic heterocycles. The van der Waals surface area contributed by atoms with Crippen LogP contribution in [-0.4, -0.2) is 14.8 Å². The molecule has 2 heterocycles. The third kappa shape index (κ3) is 2.62. The van der Waals surface area contributed by atoms with E-state index in [1.165, 1.54) is 0 Å². The fraction of sp³-hybridized carbons (Fsp3) is 0.0435. The van der Waals surface area contributed by atoms with Crippen LogP contribution >= 0.6 is 0 Å². The van der Waals surface area contributed by atoms with E-state index in [0.29, 0.717) is 17.6 Å². The van der Waals surface area contributed by atoms with Crippen molar-refractivity contribution in [3.63, 3.8) is 0 Å².